The van der Waals surface area contributed by atoms with Crippen LogP contribution < -0.4 is 11.1 Å². The van der Waals surface area contributed by atoms with Crippen molar-refractivity contribution in [2.24, 2.45) is 5.73 Å². The number of hydrogen-bond donors (Lipinski definition) is 2. The summed E-state index contributed by atoms with van der Waals surface area (Å²) >= 11 is 0. The van der Waals surface area contributed by atoms with Crippen molar-refractivity contribution < 1.29 is 18.5 Å². The van der Waals surface area contributed by atoms with Crippen molar-refractivity contribution in [2.75, 3.05) is 5.32 Å². The topological polar surface area (TPSA) is 111 Å². The minimum absolute atomic E-state index is 0.118. The number of carbonyl (C=O) groups is 2. The van der Waals surface area contributed by atoms with E-state index in [4.69, 9.17) is 10.3 Å². The fraction of sp³-hybridized carbons (Fsp3) is 0. The third-order valence-electron chi connectivity index (χ3n) is 3.22. The van der Waals surface area contributed by atoms with Crippen molar-refractivity contribution in [3.05, 3.63) is 65.7 Å². The normalized spacial score (nSPS) is 10.4. The number of carbonyl (C=O) groups excluding carboxylic acids is 2. The van der Waals surface area contributed by atoms with Gasteiger partial charge >= 0.3 is 0 Å². The molecule has 120 valence electrons. The number of rotatable bonds is 4. The molecular formula is C16H11FN4O3. The maximum atomic E-state index is 13.7. The van der Waals surface area contributed by atoms with E-state index in [0.717, 1.165) is 6.07 Å². The van der Waals surface area contributed by atoms with E-state index in [-0.39, 0.29) is 22.7 Å². The van der Waals surface area contributed by atoms with Crippen LogP contribution in [0.3, 0.4) is 0 Å². The minimum Gasteiger partial charge on any atom is -0.365 e. The molecule has 2 amide bonds. The van der Waals surface area contributed by atoms with E-state index in [9.17, 15) is 14.0 Å². The second-order valence-corrected chi connectivity index (χ2v) is 4.78. The molecule has 1 aromatic carbocycles. The summed E-state index contributed by atoms with van der Waals surface area (Å²) in [5, 5.41) is 6.06. The lowest BCUT2D eigenvalue weighted by atomic mass is 10.1. The predicted octanol–water partition coefficient (Wildman–Crippen LogP) is 2.23. The summed E-state index contributed by atoms with van der Waals surface area (Å²) < 4.78 is 18.7. The largest absolute Gasteiger partial charge is 0.365 e. The summed E-state index contributed by atoms with van der Waals surface area (Å²) in [6, 6.07) is 8.70. The summed E-state index contributed by atoms with van der Waals surface area (Å²) in [7, 11) is 0. The van der Waals surface area contributed by atoms with Crippen molar-refractivity contribution in [3.8, 4) is 11.3 Å². The van der Waals surface area contributed by atoms with Gasteiger partial charge in [0.1, 0.15) is 17.1 Å². The molecule has 0 bridgehead atoms. The van der Waals surface area contributed by atoms with Crippen LogP contribution in [-0.2, 0) is 0 Å². The average molecular weight is 326 g/mol. The van der Waals surface area contributed by atoms with Crippen molar-refractivity contribution in [1.29, 1.82) is 0 Å². The van der Waals surface area contributed by atoms with Gasteiger partial charge in [0.15, 0.2) is 0 Å². The number of anilines is 1. The van der Waals surface area contributed by atoms with Crippen LogP contribution in [0.25, 0.3) is 11.3 Å². The number of primary amides is 1. The molecule has 8 heteroatoms. The maximum absolute atomic E-state index is 13.7. The molecule has 0 spiro atoms. The molecule has 0 fully saturated rings. The van der Waals surface area contributed by atoms with Gasteiger partial charge in [0.25, 0.3) is 11.8 Å². The molecule has 0 saturated carbocycles. The first-order valence-corrected chi connectivity index (χ1v) is 6.83. The highest BCUT2D eigenvalue weighted by atomic mass is 19.1. The van der Waals surface area contributed by atoms with Crippen LogP contribution in [-0.4, -0.2) is 22.0 Å². The molecule has 7 nitrogen and oxygen atoms in total. The first kappa shape index (κ1) is 15.3. The highest BCUT2D eigenvalue weighted by molar-refractivity contribution is 6.09. The second-order valence-electron chi connectivity index (χ2n) is 4.78. The van der Waals surface area contributed by atoms with Crippen LogP contribution in [0.1, 0.15) is 20.7 Å². The highest BCUT2D eigenvalue weighted by Gasteiger charge is 2.24. The zero-order valence-corrected chi connectivity index (χ0v) is 12.2. The molecule has 0 saturated heterocycles. The third-order valence-corrected chi connectivity index (χ3v) is 3.22. The number of hydrogen-bond acceptors (Lipinski definition) is 5. The van der Waals surface area contributed by atoms with Gasteiger partial charge in [-0.25, -0.2) is 4.39 Å². The highest BCUT2D eigenvalue weighted by Crippen LogP contribution is 2.28. The molecule has 0 atom stereocenters. The molecule has 3 rings (SSSR count). The summed E-state index contributed by atoms with van der Waals surface area (Å²) in [6.07, 6.45) is 3.02. The average Bonchev–Trinajstić information content (AvgIpc) is 2.99. The van der Waals surface area contributed by atoms with Gasteiger partial charge in [-0.05, 0) is 24.3 Å². The van der Waals surface area contributed by atoms with Crippen LogP contribution in [0.2, 0.25) is 0 Å². The summed E-state index contributed by atoms with van der Waals surface area (Å²) in [6.45, 7) is 0. The molecule has 2 heterocycles. The monoisotopic (exact) mass is 326 g/mol. The van der Waals surface area contributed by atoms with E-state index in [1.165, 1.54) is 24.4 Å². The smallest absolute Gasteiger partial charge is 0.261 e. The zero-order valence-electron chi connectivity index (χ0n) is 12.2. The molecule has 0 aliphatic heterocycles. The van der Waals surface area contributed by atoms with Crippen LogP contribution in [0.4, 0.5) is 10.3 Å². The Morgan fingerprint density at radius 3 is 2.62 bits per heavy atom. The van der Waals surface area contributed by atoms with Crippen molar-refractivity contribution in [3.63, 3.8) is 0 Å². The van der Waals surface area contributed by atoms with Crippen LogP contribution in [0.5, 0.6) is 0 Å². The lowest BCUT2D eigenvalue weighted by Gasteiger charge is -2.04. The number of halogens is 1. The van der Waals surface area contributed by atoms with Crippen molar-refractivity contribution >= 4 is 17.7 Å². The molecule has 0 unspecified atom stereocenters. The van der Waals surface area contributed by atoms with Gasteiger partial charge in [0.05, 0.1) is 5.56 Å². The summed E-state index contributed by atoms with van der Waals surface area (Å²) in [5.41, 5.74) is 5.66. The summed E-state index contributed by atoms with van der Waals surface area (Å²) in [5.74, 6) is -2.60. The Morgan fingerprint density at radius 2 is 1.96 bits per heavy atom. The van der Waals surface area contributed by atoms with E-state index < -0.39 is 17.6 Å². The predicted molar refractivity (Wildman–Crippen MR) is 82.6 cm³/mol. The van der Waals surface area contributed by atoms with Gasteiger partial charge in [-0.15, -0.1) is 0 Å². The number of nitrogens with zero attached hydrogens (tertiary/aromatic N) is 2. The Labute approximate surface area is 135 Å². The Kier molecular flexibility index (Phi) is 4.02. The van der Waals surface area contributed by atoms with Gasteiger partial charge in [-0.2, -0.15) is 0 Å². The van der Waals surface area contributed by atoms with Gasteiger partial charge in [-0.3, -0.25) is 19.9 Å². The standard InChI is InChI=1S/C16H11FN4O3/c17-11-6-2-1-5-10(11)15(23)20-16-12(14(18)22)13(21-24-16)9-4-3-7-19-8-9/h1-8H,(H2,18,22)(H,20,23). The number of nitrogens with two attached hydrogens (primary N) is 1. The molecular weight excluding hydrogens is 315 g/mol. The third kappa shape index (κ3) is 2.84. The van der Waals surface area contributed by atoms with Crippen LogP contribution in [0.15, 0.2) is 53.3 Å². The van der Waals surface area contributed by atoms with E-state index >= 15 is 0 Å². The molecule has 3 N–H and O–H groups in total. The van der Waals surface area contributed by atoms with Gasteiger partial charge < -0.3 is 10.3 Å². The van der Waals surface area contributed by atoms with Crippen molar-refractivity contribution in [2.45, 2.75) is 0 Å². The first-order valence-electron chi connectivity index (χ1n) is 6.83. The number of pyridine rings is 1. The number of nitrogens with one attached hydrogen (secondary N) is 1. The van der Waals surface area contributed by atoms with E-state index in [2.05, 4.69) is 15.5 Å². The van der Waals surface area contributed by atoms with Gasteiger partial charge in [0.2, 0.25) is 5.88 Å². The molecule has 0 radical (unpaired) electrons. The SMILES string of the molecule is NC(=O)c1c(-c2cccnc2)noc1NC(=O)c1ccccc1F. The molecule has 24 heavy (non-hydrogen) atoms. The molecule has 0 aliphatic rings. The Bertz CT molecular complexity index is 909. The van der Waals surface area contributed by atoms with Gasteiger partial charge in [0, 0.05) is 18.0 Å². The molecule has 0 aliphatic carbocycles. The quantitative estimate of drug-likeness (QED) is 0.763. The van der Waals surface area contributed by atoms with E-state index in [1.807, 2.05) is 0 Å². The molecule has 3 aromatic rings. The number of amides is 2. The fourth-order valence-electron chi connectivity index (χ4n) is 2.12. The van der Waals surface area contributed by atoms with Crippen molar-refractivity contribution in [1.82, 2.24) is 10.1 Å². The Hall–Kier alpha value is -3.55. The minimum atomic E-state index is -0.848. The lowest BCUT2D eigenvalue weighted by Crippen LogP contribution is -2.18. The van der Waals surface area contributed by atoms with E-state index in [1.54, 1.807) is 18.3 Å². The molecule has 2 aromatic heterocycles. The van der Waals surface area contributed by atoms with Crippen LogP contribution >= 0.6 is 0 Å². The Morgan fingerprint density at radius 1 is 1.17 bits per heavy atom. The number of aromatic nitrogens is 2. The maximum Gasteiger partial charge on any atom is 0.261 e. The van der Waals surface area contributed by atoms with Gasteiger partial charge in [-0.1, -0.05) is 17.3 Å². The summed E-state index contributed by atoms with van der Waals surface area (Å²) in [4.78, 5) is 27.8. The second kappa shape index (κ2) is 6.29. The fourth-order valence-corrected chi connectivity index (χ4v) is 2.12. The van der Waals surface area contributed by atoms with Crippen LogP contribution in [0, 0.1) is 5.82 Å². The first-order chi connectivity index (χ1) is 11.6. The number of benzene rings is 1. The Balaban J connectivity index is 1.98. The zero-order chi connectivity index (χ0) is 17.1. The lowest BCUT2D eigenvalue weighted by molar-refractivity contribution is 0.100. The van der Waals surface area contributed by atoms with E-state index in [0.29, 0.717) is 5.56 Å².